The van der Waals surface area contributed by atoms with Gasteiger partial charge < -0.3 is 14.6 Å². The number of halogens is 2. The molecule has 1 heterocycles. The van der Waals surface area contributed by atoms with Crippen LogP contribution in [0.5, 0.6) is 0 Å². The molecule has 3 aromatic rings. The van der Waals surface area contributed by atoms with E-state index in [1.165, 1.54) is 49.0 Å². The Morgan fingerprint density at radius 3 is 2.28 bits per heavy atom. The number of benzene rings is 2. The van der Waals surface area contributed by atoms with Gasteiger partial charge in [0.2, 0.25) is 0 Å². The maximum absolute atomic E-state index is 14.6. The number of nitrogens with one attached hydrogen (secondary N) is 1. The lowest BCUT2D eigenvalue weighted by Gasteiger charge is -2.21. The number of carbonyl (C=O) groups is 2. The molecule has 0 spiro atoms. The Morgan fingerprint density at radius 2 is 1.67 bits per heavy atom. The fourth-order valence-corrected chi connectivity index (χ4v) is 4.68. The van der Waals surface area contributed by atoms with E-state index in [1.54, 1.807) is 20.8 Å². The lowest BCUT2D eigenvalue weighted by atomic mass is 9.91. The molecular weight excluding hydrogens is 530 g/mol. The summed E-state index contributed by atoms with van der Waals surface area (Å²) in [6, 6.07) is 8.09. The van der Waals surface area contributed by atoms with Crippen molar-refractivity contribution in [3.05, 3.63) is 92.9 Å². The van der Waals surface area contributed by atoms with E-state index in [0.717, 1.165) is 12.1 Å². The second-order valence-electron chi connectivity index (χ2n) is 10.1. The highest BCUT2D eigenvalue weighted by Crippen LogP contribution is 2.31. The fraction of sp³-hybridized carbons (Fsp3) is 0.321. The normalized spacial score (nSPS) is 11.8. The number of aryl methyl sites for hydroxylation is 1. The fourth-order valence-electron chi connectivity index (χ4n) is 3.79. The summed E-state index contributed by atoms with van der Waals surface area (Å²) < 4.78 is 59.3. The van der Waals surface area contributed by atoms with Crippen molar-refractivity contribution in [2.75, 3.05) is 5.75 Å². The molecule has 0 saturated heterocycles. The summed E-state index contributed by atoms with van der Waals surface area (Å²) in [6.07, 6.45) is 0.690. The maximum atomic E-state index is 14.6. The first-order chi connectivity index (χ1) is 18.1. The molecule has 0 bridgehead atoms. The Kier molecular flexibility index (Phi) is 8.74. The van der Waals surface area contributed by atoms with E-state index >= 15 is 0 Å². The zero-order valence-electron chi connectivity index (χ0n) is 22.3. The molecule has 0 aliphatic rings. The van der Waals surface area contributed by atoms with Crippen molar-refractivity contribution in [2.24, 2.45) is 7.05 Å². The molecule has 2 aromatic carbocycles. The number of ether oxygens (including phenoxy) is 1. The first-order valence-electron chi connectivity index (χ1n) is 12.1. The summed E-state index contributed by atoms with van der Waals surface area (Å²) in [4.78, 5) is 38.2. The lowest BCUT2D eigenvalue weighted by molar-refractivity contribution is 0.103. The maximum Gasteiger partial charge on any atom is 0.407 e. The highest BCUT2D eigenvalue weighted by atomic mass is 32.2. The number of amides is 1. The first kappa shape index (κ1) is 29.7. The van der Waals surface area contributed by atoms with Crippen LogP contribution in [0, 0.1) is 11.6 Å². The van der Waals surface area contributed by atoms with Crippen LogP contribution in [0.3, 0.4) is 0 Å². The number of pyridine rings is 1. The zero-order chi connectivity index (χ0) is 29.1. The third-order valence-corrected chi connectivity index (χ3v) is 7.42. The minimum absolute atomic E-state index is 0.0165. The number of ketones is 1. The largest absolute Gasteiger partial charge is 0.445 e. The van der Waals surface area contributed by atoms with Gasteiger partial charge in [-0.25, -0.2) is 22.0 Å². The number of hydrogen-bond acceptors (Lipinski definition) is 6. The van der Waals surface area contributed by atoms with Crippen LogP contribution in [-0.2, 0) is 34.0 Å². The van der Waals surface area contributed by atoms with Crippen LogP contribution in [0.1, 0.15) is 54.7 Å². The number of alkyl carbamates (subject to hydrolysis) is 1. The van der Waals surface area contributed by atoms with E-state index in [2.05, 4.69) is 5.32 Å². The van der Waals surface area contributed by atoms with Gasteiger partial charge in [-0.15, -0.1) is 0 Å². The van der Waals surface area contributed by atoms with Crippen LogP contribution in [0.2, 0.25) is 0 Å². The van der Waals surface area contributed by atoms with Gasteiger partial charge in [-0.2, -0.15) is 0 Å². The molecule has 0 unspecified atom stereocenters. The van der Waals surface area contributed by atoms with E-state index in [4.69, 9.17) is 4.74 Å². The van der Waals surface area contributed by atoms with E-state index < -0.39 is 50.0 Å². The van der Waals surface area contributed by atoms with Crippen LogP contribution in [0.4, 0.5) is 13.6 Å². The number of rotatable bonds is 8. The minimum Gasteiger partial charge on any atom is -0.445 e. The van der Waals surface area contributed by atoms with Gasteiger partial charge in [0.1, 0.15) is 18.2 Å². The first-order valence-corrected chi connectivity index (χ1v) is 13.9. The molecule has 0 radical (unpaired) electrons. The van der Waals surface area contributed by atoms with Gasteiger partial charge in [0.15, 0.2) is 15.6 Å². The van der Waals surface area contributed by atoms with E-state index in [0.29, 0.717) is 17.2 Å². The van der Waals surface area contributed by atoms with Crippen LogP contribution >= 0.6 is 0 Å². The topological polar surface area (TPSA) is 112 Å². The summed E-state index contributed by atoms with van der Waals surface area (Å²) in [5.41, 5.74) is -0.322. The van der Waals surface area contributed by atoms with E-state index in [9.17, 15) is 31.6 Å². The minimum atomic E-state index is -3.45. The number of aromatic nitrogens is 1. The number of nitrogens with zero attached hydrogens (tertiary/aromatic N) is 1. The molecular formula is C28H30F2N2O6S. The molecule has 208 valence electrons. The van der Waals surface area contributed by atoms with Crippen molar-refractivity contribution in [3.8, 4) is 11.1 Å². The molecule has 1 amide bonds. The molecule has 0 aliphatic carbocycles. The zero-order valence-corrected chi connectivity index (χ0v) is 23.1. The molecule has 11 heteroatoms. The third kappa shape index (κ3) is 7.60. The van der Waals surface area contributed by atoms with Crippen LogP contribution in [0.25, 0.3) is 11.1 Å². The Hall–Kier alpha value is -3.86. The predicted molar refractivity (Wildman–Crippen MR) is 143 cm³/mol. The molecule has 0 aliphatic heterocycles. The second kappa shape index (κ2) is 11.5. The van der Waals surface area contributed by atoms with Gasteiger partial charge >= 0.3 is 6.09 Å². The SMILES string of the molecule is CCS(=O)(=O)Cc1ccc(C(=O)c2ccc(F)cc2F)c(-c2cn(C)c(=O)cc2COC(=O)NC(C)(C)C)c1. The predicted octanol–water partition coefficient (Wildman–Crippen LogP) is 4.52. The van der Waals surface area contributed by atoms with Gasteiger partial charge in [0, 0.05) is 53.4 Å². The average Bonchev–Trinajstić information content (AvgIpc) is 2.83. The molecule has 0 saturated carbocycles. The van der Waals surface area contributed by atoms with Crippen LogP contribution in [-0.4, -0.2) is 36.2 Å². The Morgan fingerprint density at radius 1 is 1.00 bits per heavy atom. The van der Waals surface area contributed by atoms with Crippen molar-refractivity contribution in [3.63, 3.8) is 0 Å². The summed E-state index contributed by atoms with van der Waals surface area (Å²) in [5.74, 6) is -3.12. The third-order valence-electron chi connectivity index (χ3n) is 5.77. The van der Waals surface area contributed by atoms with Gasteiger partial charge in [0.25, 0.3) is 5.56 Å². The van der Waals surface area contributed by atoms with Crippen LogP contribution in [0.15, 0.2) is 53.5 Å². The number of hydrogen-bond donors (Lipinski definition) is 1. The second-order valence-corrected chi connectivity index (χ2v) is 12.5. The smallest absolute Gasteiger partial charge is 0.407 e. The molecule has 0 atom stereocenters. The van der Waals surface area contributed by atoms with Gasteiger partial charge in [-0.05, 0) is 50.1 Å². The van der Waals surface area contributed by atoms with Crippen molar-refractivity contribution in [2.45, 2.75) is 45.6 Å². The van der Waals surface area contributed by atoms with Gasteiger partial charge in [0.05, 0.1) is 11.3 Å². The Bertz CT molecular complexity index is 1590. The molecule has 8 nitrogen and oxygen atoms in total. The van der Waals surface area contributed by atoms with Crippen LogP contribution < -0.4 is 10.9 Å². The average molecular weight is 561 g/mol. The quantitative estimate of drug-likeness (QED) is 0.406. The van der Waals surface area contributed by atoms with Gasteiger partial charge in [-0.3, -0.25) is 9.59 Å². The van der Waals surface area contributed by atoms with Gasteiger partial charge in [-0.1, -0.05) is 19.1 Å². The van der Waals surface area contributed by atoms with Crippen molar-refractivity contribution in [1.82, 2.24) is 9.88 Å². The molecule has 1 aromatic heterocycles. The summed E-state index contributed by atoms with van der Waals surface area (Å²) >= 11 is 0. The summed E-state index contributed by atoms with van der Waals surface area (Å²) in [5, 5.41) is 2.64. The molecule has 1 N–H and O–H groups in total. The monoisotopic (exact) mass is 560 g/mol. The highest BCUT2D eigenvalue weighted by molar-refractivity contribution is 7.90. The Balaban J connectivity index is 2.20. The van der Waals surface area contributed by atoms with Crippen molar-refractivity contribution in [1.29, 1.82) is 0 Å². The summed E-state index contributed by atoms with van der Waals surface area (Å²) in [7, 11) is -1.97. The van der Waals surface area contributed by atoms with E-state index in [-0.39, 0.29) is 34.8 Å². The molecule has 0 fully saturated rings. The lowest BCUT2D eigenvalue weighted by Crippen LogP contribution is -2.40. The van der Waals surface area contributed by atoms with E-state index in [1.807, 2.05) is 0 Å². The number of carbonyl (C=O) groups excluding carboxylic acids is 2. The Labute approximate surface area is 225 Å². The highest BCUT2D eigenvalue weighted by Gasteiger charge is 2.23. The van der Waals surface area contributed by atoms with Crippen molar-refractivity contribution < 1.29 is 31.5 Å². The molecule has 39 heavy (non-hydrogen) atoms. The van der Waals surface area contributed by atoms with Crippen molar-refractivity contribution >= 4 is 21.7 Å². The summed E-state index contributed by atoms with van der Waals surface area (Å²) in [6.45, 7) is 6.46. The number of sulfone groups is 1. The molecule has 3 rings (SSSR count). The standard InChI is InChI=1S/C28H30F2N2O6S/c1-6-39(36,37)16-17-7-9-20(26(34)21-10-8-19(29)13-24(21)30)22(11-17)23-14-32(5)25(33)12-18(23)15-38-27(35)31-28(2,3)4/h7-14H,6,15-16H2,1-5H3,(H,31,35).